The second kappa shape index (κ2) is 5.23. The van der Waals surface area contributed by atoms with Crippen LogP contribution in [0.3, 0.4) is 0 Å². The molecule has 0 radical (unpaired) electrons. The predicted molar refractivity (Wildman–Crippen MR) is 58.4 cm³/mol. The molecule has 1 unspecified atom stereocenters. The van der Waals surface area contributed by atoms with Gasteiger partial charge in [-0.15, -0.1) is 0 Å². The Morgan fingerprint density at radius 1 is 1.40 bits per heavy atom. The Morgan fingerprint density at radius 2 is 2.07 bits per heavy atom. The van der Waals surface area contributed by atoms with E-state index in [1.54, 1.807) is 0 Å². The van der Waals surface area contributed by atoms with Crippen molar-refractivity contribution in [3.05, 3.63) is 11.7 Å². The highest BCUT2D eigenvalue weighted by atomic mass is 16.5. The molecule has 0 fully saturated rings. The van der Waals surface area contributed by atoms with Crippen molar-refractivity contribution in [1.82, 2.24) is 15.0 Å². The molecule has 0 saturated carbocycles. The van der Waals surface area contributed by atoms with E-state index in [-0.39, 0.29) is 5.92 Å². The SMILES string of the molecule is CC(C)c1nc(CN(C)C(C)CN)no1. The molecular weight excluding hydrogens is 192 g/mol. The van der Waals surface area contributed by atoms with Crippen LogP contribution in [0.2, 0.25) is 0 Å². The van der Waals surface area contributed by atoms with E-state index in [0.717, 1.165) is 5.82 Å². The van der Waals surface area contributed by atoms with Crippen LogP contribution >= 0.6 is 0 Å². The van der Waals surface area contributed by atoms with Crippen LogP contribution in [0.15, 0.2) is 4.52 Å². The van der Waals surface area contributed by atoms with Crippen LogP contribution in [0.5, 0.6) is 0 Å². The Hall–Kier alpha value is -0.940. The Labute approximate surface area is 90.6 Å². The minimum Gasteiger partial charge on any atom is -0.339 e. The van der Waals surface area contributed by atoms with Crippen molar-refractivity contribution in [2.75, 3.05) is 13.6 Å². The van der Waals surface area contributed by atoms with Crippen molar-refractivity contribution >= 4 is 0 Å². The molecule has 1 heterocycles. The van der Waals surface area contributed by atoms with Gasteiger partial charge in [0.1, 0.15) is 0 Å². The molecule has 0 aliphatic rings. The van der Waals surface area contributed by atoms with E-state index in [2.05, 4.69) is 22.0 Å². The summed E-state index contributed by atoms with van der Waals surface area (Å²) in [5.41, 5.74) is 5.57. The normalized spacial score (nSPS) is 13.8. The highest BCUT2D eigenvalue weighted by Crippen LogP contribution is 2.11. The van der Waals surface area contributed by atoms with Crippen LogP contribution in [0.1, 0.15) is 38.4 Å². The van der Waals surface area contributed by atoms with Gasteiger partial charge in [0.15, 0.2) is 5.82 Å². The van der Waals surface area contributed by atoms with E-state index in [9.17, 15) is 0 Å². The molecule has 1 aromatic rings. The van der Waals surface area contributed by atoms with Crippen molar-refractivity contribution in [3.63, 3.8) is 0 Å². The third-order valence-electron chi connectivity index (χ3n) is 2.46. The molecule has 0 aliphatic carbocycles. The first kappa shape index (κ1) is 12.1. The molecule has 5 nitrogen and oxygen atoms in total. The molecule has 5 heteroatoms. The van der Waals surface area contributed by atoms with Gasteiger partial charge < -0.3 is 10.3 Å². The molecule has 15 heavy (non-hydrogen) atoms. The Morgan fingerprint density at radius 3 is 2.53 bits per heavy atom. The lowest BCUT2D eigenvalue weighted by atomic mass is 10.2. The zero-order chi connectivity index (χ0) is 11.4. The largest absolute Gasteiger partial charge is 0.339 e. The molecule has 0 amide bonds. The Balaban J connectivity index is 2.57. The van der Waals surface area contributed by atoms with Crippen molar-refractivity contribution in [2.45, 2.75) is 39.3 Å². The summed E-state index contributed by atoms with van der Waals surface area (Å²) in [5.74, 6) is 1.70. The van der Waals surface area contributed by atoms with Gasteiger partial charge in [-0.1, -0.05) is 19.0 Å². The Bertz CT molecular complexity index is 297. The van der Waals surface area contributed by atoms with Gasteiger partial charge in [0.2, 0.25) is 5.89 Å². The molecule has 2 N–H and O–H groups in total. The van der Waals surface area contributed by atoms with Crippen LogP contribution < -0.4 is 5.73 Å². The Kier molecular flexibility index (Phi) is 4.23. The number of hydrogen-bond donors (Lipinski definition) is 1. The molecule has 86 valence electrons. The van der Waals surface area contributed by atoms with Crippen molar-refractivity contribution < 1.29 is 4.52 Å². The zero-order valence-electron chi connectivity index (χ0n) is 9.90. The maximum absolute atomic E-state index is 5.57. The summed E-state index contributed by atoms with van der Waals surface area (Å²) >= 11 is 0. The summed E-state index contributed by atoms with van der Waals surface area (Å²) in [6.45, 7) is 7.44. The molecule has 0 bridgehead atoms. The van der Waals surface area contributed by atoms with Crippen molar-refractivity contribution in [3.8, 4) is 0 Å². The first-order valence-electron chi connectivity index (χ1n) is 5.27. The minimum absolute atomic E-state index is 0.281. The predicted octanol–water partition coefficient (Wildman–Crippen LogP) is 0.972. The number of rotatable bonds is 5. The maximum Gasteiger partial charge on any atom is 0.229 e. The summed E-state index contributed by atoms with van der Waals surface area (Å²) in [7, 11) is 2.00. The average Bonchev–Trinajstić information content (AvgIpc) is 2.65. The third kappa shape index (κ3) is 3.28. The zero-order valence-corrected chi connectivity index (χ0v) is 9.90. The number of nitrogens with two attached hydrogens (primary N) is 1. The van der Waals surface area contributed by atoms with Gasteiger partial charge in [-0.25, -0.2) is 0 Å². The monoisotopic (exact) mass is 212 g/mol. The highest BCUT2D eigenvalue weighted by Gasteiger charge is 2.13. The summed E-state index contributed by atoms with van der Waals surface area (Å²) in [4.78, 5) is 6.41. The van der Waals surface area contributed by atoms with Crippen LogP contribution in [0.25, 0.3) is 0 Å². The minimum atomic E-state index is 0.281. The smallest absolute Gasteiger partial charge is 0.229 e. The molecule has 1 atom stereocenters. The molecule has 1 rings (SSSR count). The van der Waals surface area contributed by atoms with E-state index < -0.39 is 0 Å². The average molecular weight is 212 g/mol. The molecule has 0 saturated heterocycles. The van der Waals surface area contributed by atoms with E-state index in [4.69, 9.17) is 10.3 Å². The number of aromatic nitrogens is 2. The van der Waals surface area contributed by atoms with Gasteiger partial charge in [0.25, 0.3) is 0 Å². The van der Waals surface area contributed by atoms with E-state index >= 15 is 0 Å². The number of likely N-dealkylation sites (N-methyl/N-ethyl adjacent to an activating group) is 1. The highest BCUT2D eigenvalue weighted by molar-refractivity contribution is 4.90. The van der Waals surface area contributed by atoms with Crippen LogP contribution in [0, 0.1) is 0 Å². The summed E-state index contributed by atoms with van der Waals surface area (Å²) in [6.07, 6.45) is 0. The van der Waals surface area contributed by atoms with Crippen molar-refractivity contribution in [2.24, 2.45) is 5.73 Å². The first-order chi connectivity index (χ1) is 7.04. The summed E-state index contributed by atoms with van der Waals surface area (Å²) in [6, 6.07) is 0.325. The fraction of sp³-hybridized carbons (Fsp3) is 0.800. The van der Waals surface area contributed by atoms with Crippen LogP contribution in [-0.4, -0.2) is 34.7 Å². The van der Waals surface area contributed by atoms with Gasteiger partial charge >= 0.3 is 0 Å². The number of hydrogen-bond acceptors (Lipinski definition) is 5. The second-order valence-electron chi connectivity index (χ2n) is 4.20. The van der Waals surface area contributed by atoms with Gasteiger partial charge in [0, 0.05) is 18.5 Å². The van der Waals surface area contributed by atoms with Gasteiger partial charge in [-0.3, -0.25) is 4.90 Å². The second-order valence-corrected chi connectivity index (χ2v) is 4.20. The lowest BCUT2D eigenvalue weighted by molar-refractivity contribution is 0.244. The topological polar surface area (TPSA) is 68.2 Å². The lowest BCUT2D eigenvalue weighted by Crippen LogP contribution is -2.35. The van der Waals surface area contributed by atoms with Crippen LogP contribution in [0.4, 0.5) is 0 Å². The molecule has 1 aromatic heterocycles. The van der Waals surface area contributed by atoms with Gasteiger partial charge in [-0.05, 0) is 14.0 Å². The third-order valence-corrected chi connectivity index (χ3v) is 2.46. The van der Waals surface area contributed by atoms with Gasteiger partial charge in [-0.2, -0.15) is 4.98 Å². The molecule has 0 aliphatic heterocycles. The molecule has 0 spiro atoms. The summed E-state index contributed by atoms with van der Waals surface area (Å²) < 4.78 is 5.12. The quantitative estimate of drug-likeness (QED) is 0.787. The van der Waals surface area contributed by atoms with Crippen molar-refractivity contribution in [1.29, 1.82) is 0 Å². The van der Waals surface area contributed by atoms with E-state index in [1.165, 1.54) is 0 Å². The maximum atomic E-state index is 5.57. The fourth-order valence-corrected chi connectivity index (χ4v) is 1.13. The van der Waals surface area contributed by atoms with E-state index in [1.807, 2.05) is 20.9 Å². The molecule has 0 aromatic carbocycles. The fourth-order valence-electron chi connectivity index (χ4n) is 1.13. The van der Waals surface area contributed by atoms with E-state index in [0.29, 0.717) is 25.0 Å². The number of nitrogens with zero attached hydrogens (tertiary/aromatic N) is 3. The summed E-state index contributed by atoms with van der Waals surface area (Å²) in [5, 5.41) is 3.93. The first-order valence-corrected chi connectivity index (χ1v) is 5.27. The van der Waals surface area contributed by atoms with Crippen LogP contribution in [-0.2, 0) is 6.54 Å². The molecular formula is C10H20N4O. The van der Waals surface area contributed by atoms with Gasteiger partial charge in [0.05, 0.1) is 6.54 Å². The standard InChI is InChI=1S/C10H20N4O/c1-7(2)10-12-9(13-15-10)6-14(4)8(3)5-11/h7-8H,5-6,11H2,1-4H3. The lowest BCUT2D eigenvalue weighted by Gasteiger charge is -2.21.